The van der Waals surface area contributed by atoms with E-state index in [1.165, 1.54) is 6.07 Å². The largest absolute Gasteiger partial charge is 0.322 e. The first-order valence-corrected chi connectivity index (χ1v) is 4.67. The zero-order valence-corrected chi connectivity index (χ0v) is 8.33. The van der Waals surface area contributed by atoms with E-state index in [0.29, 0.717) is 12.1 Å². The van der Waals surface area contributed by atoms with Crippen molar-refractivity contribution in [1.29, 1.82) is 0 Å². The number of hydrogen-bond donors (Lipinski definition) is 1. The van der Waals surface area contributed by atoms with E-state index in [1.54, 1.807) is 12.3 Å². The highest BCUT2D eigenvalue weighted by molar-refractivity contribution is 5.13. The lowest BCUT2D eigenvalue weighted by Gasteiger charge is -2.12. The normalized spacial score (nSPS) is 12.5. The minimum absolute atomic E-state index is 0.321. The van der Waals surface area contributed by atoms with E-state index in [4.69, 9.17) is 5.73 Å². The molecular formula is C11H15FN2. The topological polar surface area (TPSA) is 38.9 Å². The van der Waals surface area contributed by atoms with Crippen molar-refractivity contribution in [3.63, 3.8) is 0 Å². The number of hydrogen-bond acceptors (Lipinski definition) is 2. The average molecular weight is 194 g/mol. The molecule has 0 saturated heterocycles. The third kappa shape index (κ3) is 2.64. The molecule has 0 aliphatic carbocycles. The van der Waals surface area contributed by atoms with Crippen LogP contribution in [0.25, 0.3) is 0 Å². The summed E-state index contributed by atoms with van der Waals surface area (Å²) in [5.41, 5.74) is 7.15. The van der Waals surface area contributed by atoms with Crippen LogP contribution in [0.3, 0.4) is 0 Å². The Bertz CT molecular complexity index is 323. The van der Waals surface area contributed by atoms with E-state index in [-0.39, 0.29) is 11.9 Å². The summed E-state index contributed by atoms with van der Waals surface area (Å²) in [4.78, 5) is 3.92. The van der Waals surface area contributed by atoms with Crippen molar-refractivity contribution < 1.29 is 4.39 Å². The molecule has 0 aliphatic rings. The number of aromatic nitrogens is 1. The van der Waals surface area contributed by atoms with Gasteiger partial charge in [-0.25, -0.2) is 4.39 Å². The summed E-state index contributed by atoms with van der Waals surface area (Å²) in [5, 5.41) is 0. The first-order valence-electron chi connectivity index (χ1n) is 4.67. The summed E-state index contributed by atoms with van der Waals surface area (Å²) >= 11 is 0. The molecule has 0 amide bonds. The molecule has 0 spiro atoms. The molecule has 0 bridgehead atoms. The minimum Gasteiger partial charge on any atom is -0.322 e. The van der Waals surface area contributed by atoms with E-state index in [9.17, 15) is 4.39 Å². The third-order valence-corrected chi connectivity index (χ3v) is 2.15. The molecule has 76 valence electrons. The van der Waals surface area contributed by atoms with Crippen molar-refractivity contribution in [2.45, 2.75) is 25.8 Å². The average Bonchev–Trinajstić information content (AvgIpc) is 2.18. The van der Waals surface area contributed by atoms with Crippen molar-refractivity contribution in [2.24, 2.45) is 5.73 Å². The summed E-state index contributed by atoms with van der Waals surface area (Å²) in [6.07, 6.45) is 3.00. The van der Waals surface area contributed by atoms with Gasteiger partial charge in [-0.1, -0.05) is 19.1 Å². The summed E-state index contributed by atoms with van der Waals surface area (Å²) in [5.74, 6) is -0.344. The molecule has 3 heteroatoms. The summed E-state index contributed by atoms with van der Waals surface area (Å²) in [7, 11) is 0. The molecule has 1 aromatic rings. The van der Waals surface area contributed by atoms with Crippen LogP contribution in [0.2, 0.25) is 0 Å². The van der Waals surface area contributed by atoms with E-state index in [0.717, 1.165) is 12.0 Å². The molecule has 0 aliphatic heterocycles. The van der Waals surface area contributed by atoms with Gasteiger partial charge in [-0.3, -0.25) is 4.98 Å². The summed E-state index contributed by atoms with van der Waals surface area (Å²) in [6.45, 7) is 5.84. The van der Waals surface area contributed by atoms with Crippen LogP contribution >= 0.6 is 0 Å². The number of rotatable bonds is 4. The lowest BCUT2D eigenvalue weighted by molar-refractivity contribution is 0.561. The van der Waals surface area contributed by atoms with Crippen molar-refractivity contribution in [3.8, 4) is 0 Å². The van der Waals surface area contributed by atoms with Crippen LogP contribution in [-0.4, -0.2) is 4.98 Å². The second-order valence-corrected chi connectivity index (χ2v) is 3.28. The zero-order chi connectivity index (χ0) is 10.6. The molecule has 0 saturated carbocycles. The van der Waals surface area contributed by atoms with Gasteiger partial charge in [0.05, 0.1) is 11.7 Å². The van der Waals surface area contributed by atoms with Crippen molar-refractivity contribution in [2.75, 3.05) is 0 Å². The van der Waals surface area contributed by atoms with Gasteiger partial charge in [0.15, 0.2) is 0 Å². The van der Waals surface area contributed by atoms with Gasteiger partial charge in [-0.15, -0.1) is 0 Å². The van der Waals surface area contributed by atoms with Gasteiger partial charge in [-0.05, 0) is 25.0 Å². The fraction of sp³-hybridized carbons (Fsp3) is 0.364. The standard InChI is InChI=1S/C11H15FN2/c1-3-8(2)7-10(13)11-9(12)5-4-6-14-11/h4-6,10H,2-3,7,13H2,1H3. The van der Waals surface area contributed by atoms with Gasteiger partial charge < -0.3 is 5.73 Å². The fourth-order valence-corrected chi connectivity index (χ4v) is 1.22. The molecule has 1 atom stereocenters. The zero-order valence-electron chi connectivity index (χ0n) is 8.33. The fourth-order valence-electron chi connectivity index (χ4n) is 1.22. The number of nitrogens with zero attached hydrogens (tertiary/aromatic N) is 1. The first-order chi connectivity index (χ1) is 6.65. The maximum atomic E-state index is 13.2. The van der Waals surface area contributed by atoms with Crippen molar-refractivity contribution in [3.05, 3.63) is 42.0 Å². The van der Waals surface area contributed by atoms with Crippen molar-refractivity contribution >= 4 is 0 Å². The molecule has 0 aromatic carbocycles. The molecule has 1 unspecified atom stereocenters. The highest BCUT2D eigenvalue weighted by atomic mass is 19.1. The van der Waals surface area contributed by atoms with E-state index >= 15 is 0 Å². The Kier molecular flexibility index (Phi) is 3.77. The van der Waals surface area contributed by atoms with Crippen LogP contribution in [0.15, 0.2) is 30.5 Å². The highest BCUT2D eigenvalue weighted by Gasteiger charge is 2.12. The number of pyridine rings is 1. The maximum absolute atomic E-state index is 13.2. The van der Waals surface area contributed by atoms with Crippen LogP contribution < -0.4 is 5.73 Å². The molecule has 2 nitrogen and oxygen atoms in total. The molecule has 1 aromatic heterocycles. The molecule has 0 radical (unpaired) electrons. The monoisotopic (exact) mass is 194 g/mol. The SMILES string of the molecule is C=C(CC)CC(N)c1ncccc1F. The van der Waals surface area contributed by atoms with Crippen LogP contribution in [0.1, 0.15) is 31.5 Å². The Morgan fingerprint density at radius 3 is 3.00 bits per heavy atom. The first kappa shape index (κ1) is 10.9. The summed E-state index contributed by atoms with van der Waals surface area (Å²) < 4.78 is 13.2. The predicted octanol–water partition coefficient (Wildman–Crippen LogP) is 2.58. The quantitative estimate of drug-likeness (QED) is 0.748. The van der Waals surface area contributed by atoms with Crippen LogP contribution in [0.5, 0.6) is 0 Å². The Balaban J connectivity index is 2.74. The Morgan fingerprint density at radius 1 is 1.71 bits per heavy atom. The molecule has 1 heterocycles. The molecule has 2 N–H and O–H groups in total. The van der Waals surface area contributed by atoms with Crippen LogP contribution in [0.4, 0.5) is 4.39 Å². The Hall–Kier alpha value is -1.22. The van der Waals surface area contributed by atoms with Gasteiger partial charge in [0.25, 0.3) is 0 Å². The van der Waals surface area contributed by atoms with Gasteiger partial charge in [0.1, 0.15) is 5.82 Å². The Morgan fingerprint density at radius 2 is 2.43 bits per heavy atom. The highest BCUT2D eigenvalue weighted by Crippen LogP contribution is 2.19. The third-order valence-electron chi connectivity index (χ3n) is 2.15. The number of nitrogens with two attached hydrogens (primary N) is 1. The van der Waals surface area contributed by atoms with Crippen LogP contribution in [-0.2, 0) is 0 Å². The van der Waals surface area contributed by atoms with Gasteiger partial charge in [-0.2, -0.15) is 0 Å². The van der Waals surface area contributed by atoms with Gasteiger partial charge in [0, 0.05) is 6.20 Å². The lowest BCUT2D eigenvalue weighted by atomic mass is 10.0. The van der Waals surface area contributed by atoms with Crippen LogP contribution in [0, 0.1) is 5.82 Å². The van der Waals surface area contributed by atoms with E-state index in [1.807, 2.05) is 6.92 Å². The van der Waals surface area contributed by atoms with Gasteiger partial charge >= 0.3 is 0 Å². The molecule has 1 rings (SSSR count). The summed E-state index contributed by atoms with van der Waals surface area (Å²) in [6, 6.07) is 2.54. The second-order valence-electron chi connectivity index (χ2n) is 3.28. The predicted molar refractivity (Wildman–Crippen MR) is 55.2 cm³/mol. The molecular weight excluding hydrogens is 179 g/mol. The smallest absolute Gasteiger partial charge is 0.146 e. The van der Waals surface area contributed by atoms with E-state index < -0.39 is 0 Å². The molecule has 14 heavy (non-hydrogen) atoms. The molecule has 0 fully saturated rings. The van der Waals surface area contributed by atoms with Gasteiger partial charge in [0.2, 0.25) is 0 Å². The second kappa shape index (κ2) is 4.86. The van der Waals surface area contributed by atoms with E-state index in [2.05, 4.69) is 11.6 Å². The lowest BCUT2D eigenvalue weighted by Crippen LogP contribution is -2.14. The van der Waals surface area contributed by atoms with Crippen molar-refractivity contribution in [1.82, 2.24) is 4.98 Å². The maximum Gasteiger partial charge on any atom is 0.146 e. The Labute approximate surface area is 83.7 Å². The number of halogens is 1. The minimum atomic E-state index is -0.386.